The Morgan fingerprint density at radius 1 is 1.17 bits per heavy atom. The van der Waals surface area contributed by atoms with Gasteiger partial charge in [0.25, 0.3) is 0 Å². The van der Waals surface area contributed by atoms with Crippen molar-refractivity contribution in [1.29, 1.82) is 0 Å². The third-order valence-corrected chi connectivity index (χ3v) is 4.93. The summed E-state index contributed by atoms with van der Waals surface area (Å²) in [6.45, 7) is 1.93. The Labute approximate surface area is 169 Å². The second kappa shape index (κ2) is 7.80. The van der Waals surface area contributed by atoms with E-state index < -0.39 is 0 Å². The lowest BCUT2D eigenvalue weighted by atomic mass is 10.0. The molecule has 29 heavy (non-hydrogen) atoms. The van der Waals surface area contributed by atoms with Crippen molar-refractivity contribution in [3.63, 3.8) is 0 Å². The van der Waals surface area contributed by atoms with Crippen molar-refractivity contribution in [3.05, 3.63) is 53.3 Å². The highest BCUT2D eigenvalue weighted by atomic mass is 16.5. The van der Waals surface area contributed by atoms with Crippen LogP contribution in [-0.2, 0) is 4.79 Å². The number of fused-ring (bicyclic) bond motifs is 1. The summed E-state index contributed by atoms with van der Waals surface area (Å²) in [4.78, 5) is 21.2. The van der Waals surface area contributed by atoms with E-state index in [1.165, 1.54) is 0 Å². The van der Waals surface area contributed by atoms with Crippen LogP contribution in [0.25, 0.3) is 10.8 Å². The number of aryl methyl sites for hydroxylation is 1. The minimum Gasteiger partial charge on any atom is -0.497 e. The molecule has 6 nitrogen and oxygen atoms in total. The van der Waals surface area contributed by atoms with E-state index in [0.29, 0.717) is 5.82 Å². The number of nitrogens with zero attached hydrogens (tertiary/aromatic N) is 2. The fourth-order valence-corrected chi connectivity index (χ4v) is 3.13. The number of methoxy groups -OCH3 is 1. The van der Waals surface area contributed by atoms with E-state index in [9.17, 15) is 4.79 Å². The van der Waals surface area contributed by atoms with Gasteiger partial charge in [-0.25, -0.2) is 9.97 Å². The molecule has 1 amide bonds. The zero-order chi connectivity index (χ0) is 20.4. The maximum atomic E-state index is 12.1. The number of ether oxygens (including phenoxy) is 1. The number of carbonyl (C=O) groups excluding carboxylic acids is 1. The van der Waals surface area contributed by atoms with Gasteiger partial charge < -0.3 is 15.4 Å². The quantitative estimate of drug-likeness (QED) is 0.668. The first kappa shape index (κ1) is 18.8. The van der Waals surface area contributed by atoms with Gasteiger partial charge in [-0.3, -0.25) is 4.79 Å². The molecule has 2 N–H and O–H groups in total. The topological polar surface area (TPSA) is 76.1 Å². The highest BCUT2D eigenvalue weighted by molar-refractivity contribution is 6.00. The number of pyridine rings is 2. The standard InChI is InChI=1S/C23H22N4O2/c1-14-18(11-6-15-4-9-17(29-3)10-5-15)19-12-21(27-23(28)16-7-8-16)25-13-20(19)22(24-2)26-14/h4-5,9-10,12-13,16H,7-8H2,1-3H3,(H,24,26)(H,25,27,28). The molecule has 0 spiro atoms. The predicted molar refractivity (Wildman–Crippen MR) is 114 cm³/mol. The summed E-state index contributed by atoms with van der Waals surface area (Å²) in [6.07, 6.45) is 3.63. The number of hydrogen-bond donors (Lipinski definition) is 2. The molecule has 0 aliphatic heterocycles. The van der Waals surface area contributed by atoms with Gasteiger partial charge in [-0.2, -0.15) is 0 Å². The first-order chi connectivity index (χ1) is 14.1. The number of hydrogen-bond acceptors (Lipinski definition) is 5. The van der Waals surface area contributed by atoms with Gasteiger partial charge in [-0.05, 0) is 50.1 Å². The van der Waals surface area contributed by atoms with E-state index in [-0.39, 0.29) is 11.8 Å². The second-order valence-corrected chi connectivity index (χ2v) is 7.03. The first-order valence-electron chi connectivity index (χ1n) is 9.54. The third-order valence-electron chi connectivity index (χ3n) is 4.93. The molecule has 0 saturated heterocycles. The zero-order valence-electron chi connectivity index (χ0n) is 16.7. The summed E-state index contributed by atoms with van der Waals surface area (Å²) in [6, 6.07) is 9.48. The molecule has 1 saturated carbocycles. The van der Waals surface area contributed by atoms with Gasteiger partial charge in [-0.15, -0.1) is 0 Å². The lowest BCUT2D eigenvalue weighted by Gasteiger charge is -2.11. The summed E-state index contributed by atoms with van der Waals surface area (Å²) >= 11 is 0. The van der Waals surface area contributed by atoms with Crippen LogP contribution in [0, 0.1) is 24.7 Å². The van der Waals surface area contributed by atoms with Gasteiger partial charge in [0.1, 0.15) is 17.4 Å². The van der Waals surface area contributed by atoms with Crippen LogP contribution in [-0.4, -0.2) is 30.0 Å². The van der Waals surface area contributed by atoms with E-state index in [4.69, 9.17) is 4.74 Å². The fourth-order valence-electron chi connectivity index (χ4n) is 3.13. The largest absolute Gasteiger partial charge is 0.497 e. The Balaban J connectivity index is 1.77. The van der Waals surface area contributed by atoms with Crippen molar-refractivity contribution >= 4 is 28.3 Å². The molecule has 0 atom stereocenters. The Morgan fingerprint density at radius 3 is 2.59 bits per heavy atom. The molecular weight excluding hydrogens is 364 g/mol. The Bertz CT molecular complexity index is 1140. The molecule has 2 heterocycles. The normalized spacial score (nSPS) is 12.8. The smallest absolute Gasteiger partial charge is 0.228 e. The van der Waals surface area contributed by atoms with Crippen molar-refractivity contribution in [2.45, 2.75) is 19.8 Å². The average molecular weight is 386 g/mol. The monoisotopic (exact) mass is 386 g/mol. The molecule has 1 aromatic carbocycles. The van der Waals surface area contributed by atoms with Gasteiger partial charge >= 0.3 is 0 Å². The van der Waals surface area contributed by atoms with E-state index >= 15 is 0 Å². The maximum absolute atomic E-state index is 12.1. The minimum absolute atomic E-state index is 0.0299. The third kappa shape index (κ3) is 3.99. The molecule has 0 unspecified atom stereocenters. The van der Waals surface area contributed by atoms with Crippen LogP contribution in [0.4, 0.5) is 11.6 Å². The molecule has 3 aromatic rings. The van der Waals surface area contributed by atoms with Crippen molar-refractivity contribution in [3.8, 4) is 17.6 Å². The summed E-state index contributed by atoms with van der Waals surface area (Å²) in [5, 5.41) is 7.80. The number of carbonyl (C=O) groups is 1. The van der Waals surface area contributed by atoms with Crippen molar-refractivity contribution in [2.75, 3.05) is 24.8 Å². The molecule has 1 aliphatic rings. The number of amides is 1. The van der Waals surface area contributed by atoms with Gasteiger partial charge in [-0.1, -0.05) is 11.8 Å². The second-order valence-electron chi connectivity index (χ2n) is 7.03. The van der Waals surface area contributed by atoms with Gasteiger partial charge in [0.2, 0.25) is 5.91 Å². The summed E-state index contributed by atoms with van der Waals surface area (Å²) in [5.41, 5.74) is 2.51. The van der Waals surface area contributed by atoms with Crippen molar-refractivity contribution < 1.29 is 9.53 Å². The maximum Gasteiger partial charge on any atom is 0.228 e. The zero-order valence-corrected chi connectivity index (χ0v) is 16.7. The van der Waals surface area contributed by atoms with Gasteiger partial charge in [0, 0.05) is 35.5 Å². The number of rotatable bonds is 4. The molecule has 0 bridgehead atoms. The molecule has 146 valence electrons. The van der Waals surface area contributed by atoms with E-state index in [2.05, 4.69) is 32.4 Å². The van der Waals surface area contributed by atoms with Crippen LogP contribution in [0.3, 0.4) is 0 Å². The summed E-state index contributed by atoms with van der Waals surface area (Å²) in [7, 11) is 3.46. The lowest BCUT2D eigenvalue weighted by Crippen LogP contribution is -2.14. The van der Waals surface area contributed by atoms with Crippen molar-refractivity contribution in [1.82, 2.24) is 9.97 Å². The SMILES string of the molecule is CNc1nc(C)c(C#Cc2ccc(OC)cc2)c2cc(NC(=O)C3CC3)ncc12. The van der Waals surface area contributed by atoms with Crippen LogP contribution in [0.2, 0.25) is 0 Å². The number of benzene rings is 1. The van der Waals surface area contributed by atoms with E-state index in [0.717, 1.165) is 52.0 Å². The molecule has 1 aliphatic carbocycles. The van der Waals surface area contributed by atoms with Crippen LogP contribution in [0.1, 0.15) is 29.7 Å². The van der Waals surface area contributed by atoms with Crippen LogP contribution in [0.5, 0.6) is 5.75 Å². The Morgan fingerprint density at radius 2 is 1.93 bits per heavy atom. The molecule has 4 rings (SSSR count). The van der Waals surface area contributed by atoms with E-state index in [1.54, 1.807) is 13.3 Å². The molecule has 6 heteroatoms. The predicted octanol–water partition coefficient (Wildman–Crippen LogP) is 3.74. The summed E-state index contributed by atoms with van der Waals surface area (Å²) < 4.78 is 5.19. The van der Waals surface area contributed by atoms with Crippen molar-refractivity contribution in [2.24, 2.45) is 5.92 Å². The van der Waals surface area contributed by atoms with Gasteiger partial charge in [0.15, 0.2) is 0 Å². The molecule has 1 fully saturated rings. The molecule has 2 aromatic heterocycles. The molecular formula is C23H22N4O2. The highest BCUT2D eigenvalue weighted by Crippen LogP contribution is 2.31. The van der Waals surface area contributed by atoms with Crippen LogP contribution >= 0.6 is 0 Å². The van der Waals surface area contributed by atoms with Gasteiger partial charge in [0.05, 0.1) is 18.4 Å². The lowest BCUT2D eigenvalue weighted by molar-refractivity contribution is -0.117. The van der Waals surface area contributed by atoms with Crippen LogP contribution in [0.15, 0.2) is 36.5 Å². The number of nitrogens with one attached hydrogen (secondary N) is 2. The fraction of sp³-hybridized carbons (Fsp3) is 0.261. The summed E-state index contributed by atoms with van der Waals surface area (Å²) in [5.74, 6) is 8.67. The highest BCUT2D eigenvalue weighted by Gasteiger charge is 2.29. The van der Waals surface area contributed by atoms with Crippen LogP contribution < -0.4 is 15.4 Å². The first-order valence-corrected chi connectivity index (χ1v) is 9.54. The Kier molecular flexibility index (Phi) is 5.05. The molecule has 0 radical (unpaired) electrons. The number of aromatic nitrogens is 2. The Hall–Kier alpha value is -3.59. The average Bonchev–Trinajstić information content (AvgIpc) is 3.58. The number of anilines is 2. The van der Waals surface area contributed by atoms with E-state index in [1.807, 2.05) is 44.3 Å². The minimum atomic E-state index is 0.0299.